The Kier molecular flexibility index (Phi) is 2.61. The van der Waals surface area contributed by atoms with Crippen molar-refractivity contribution in [3.8, 4) is 0 Å². The van der Waals surface area contributed by atoms with Crippen molar-refractivity contribution < 1.29 is 9.63 Å². The molecule has 0 bridgehead atoms. The molecule has 1 aliphatic heterocycles. The average molecular weight is 182 g/mol. The lowest BCUT2D eigenvalue weighted by molar-refractivity contribution is 0.264. The molecule has 1 atom stereocenters. The topological polar surface area (TPSA) is 58.3 Å². The Labute approximate surface area is 76.9 Å². The second-order valence-corrected chi connectivity index (χ2v) is 3.38. The molecule has 1 saturated heterocycles. The maximum absolute atomic E-state index is 9.01. The molecule has 4 heteroatoms. The van der Waals surface area contributed by atoms with Crippen molar-refractivity contribution in [2.45, 2.75) is 31.9 Å². The summed E-state index contributed by atoms with van der Waals surface area (Å²) in [6.07, 6.45) is 5.09. The van der Waals surface area contributed by atoms with Crippen LogP contribution in [-0.2, 0) is 6.61 Å². The third-order valence-corrected chi connectivity index (χ3v) is 2.47. The summed E-state index contributed by atoms with van der Waals surface area (Å²) < 4.78 is 5.12. The monoisotopic (exact) mass is 182 g/mol. The van der Waals surface area contributed by atoms with Crippen molar-refractivity contribution in [3.63, 3.8) is 0 Å². The molecule has 1 aromatic heterocycles. The highest BCUT2D eigenvalue weighted by Crippen LogP contribution is 2.25. The zero-order valence-corrected chi connectivity index (χ0v) is 7.49. The molecule has 72 valence electrons. The van der Waals surface area contributed by atoms with E-state index in [1.165, 1.54) is 12.8 Å². The van der Waals surface area contributed by atoms with Crippen LogP contribution in [0.2, 0.25) is 0 Å². The van der Waals surface area contributed by atoms with E-state index in [4.69, 9.17) is 9.63 Å². The summed E-state index contributed by atoms with van der Waals surface area (Å²) in [5, 5.41) is 16.1. The van der Waals surface area contributed by atoms with Gasteiger partial charge in [-0.2, -0.15) is 0 Å². The summed E-state index contributed by atoms with van der Waals surface area (Å²) in [5.41, 5.74) is 0.805. The van der Waals surface area contributed by atoms with E-state index in [1.807, 2.05) is 0 Å². The third-order valence-electron chi connectivity index (χ3n) is 2.47. The lowest BCUT2D eigenvalue weighted by Gasteiger charge is -2.21. The first-order valence-electron chi connectivity index (χ1n) is 4.69. The number of nitrogens with zero attached hydrogens (tertiary/aromatic N) is 1. The average Bonchev–Trinajstić information content (AvgIpc) is 2.67. The van der Waals surface area contributed by atoms with Crippen LogP contribution in [0.3, 0.4) is 0 Å². The van der Waals surface area contributed by atoms with Gasteiger partial charge in [0.25, 0.3) is 0 Å². The summed E-state index contributed by atoms with van der Waals surface area (Å²) in [5.74, 6) is 0.808. The van der Waals surface area contributed by atoms with Crippen molar-refractivity contribution in [1.82, 2.24) is 10.5 Å². The van der Waals surface area contributed by atoms with Gasteiger partial charge in [0, 0.05) is 5.56 Å². The minimum atomic E-state index is 0.0109. The molecule has 2 N–H and O–H groups in total. The number of rotatable bonds is 2. The van der Waals surface area contributed by atoms with E-state index < -0.39 is 0 Å². The Morgan fingerprint density at radius 2 is 2.54 bits per heavy atom. The number of nitrogens with one attached hydrogen (secondary N) is 1. The highest BCUT2D eigenvalue weighted by atomic mass is 16.5. The normalized spacial score (nSPS) is 23.3. The van der Waals surface area contributed by atoms with Crippen LogP contribution in [0.15, 0.2) is 10.7 Å². The van der Waals surface area contributed by atoms with Gasteiger partial charge in [-0.05, 0) is 19.4 Å². The first-order valence-corrected chi connectivity index (χ1v) is 4.69. The number of aromatic nitrogens is 1. The van der Waals surface area contributed by atoms with Crippen LogP contribution in [0, 0.1) is 0 Å². The van der Waals surface area contributed by atoms with Crippen LogP contribution in [0.5, 0.6) is 0 Å². The summed E-state index contributed by atoms with van der Waals surface area (Å²) in [7, 11) is 0. The first kappa shape index (κ1) is 8.72. The Hall–Kier alpha value is -0.870. The molecule has 4 nitrogen and oxygen atoms in total. The van der Waals surface area contributed by atoms with Crippen molar-refractivity contribution in [2.75, 3.05) is 6.54 Å². The molecule has 2 rings (SSSR count). The highest BCUT2D eigenvalue weighted by molar-refractivity contribution is 5.16. The van der Waals surface area contributed by atoms with Gasteiger partial charge in [0.2, 0.25) is 0 Å². The van der Waals surface area contributed by atoms with Gasteiger partial charge >= 0.3 is 0 Å². The number of hydrogen-bond donors (Lipinski definition) is 2. The van der Waals surface area contributed by atoms with Crippen LogP contribution < -0.4 is 5.32 Å². The Balaban J connectivity index is 2.13. The van der Waals surface area contributed by atoms with Crippen molar-refractivity contribution in [1.29, 1.82) is 0 Å². The standard InChI is InChI=1S/C9H14N2O2/c12-6-7-5-11-13-9(7)8-3-1-2-4-10-8/h5,8,10,12H,1-4,6H2. The van der Waals surface area contributed by atoms with Crippen LogP contribution in [-0.4, -0.2) is 16.8 Å². The van der Waals surface area contributed by atoms with E-state index in [0.29, 0.717) is 0 Å². The zero-order valence-electron chi connectivity index (χ0n) is 7.49. The van der Waals surface area contributed by atoms with E-state index >= 15 is 0 Å². The van der Waals surface area contributed by atoms with Gasteiger partial charge in [-0.1, -0.05) is 11.6 Å². The first-order chi connectivity index (χ1) is 6.42. The number of aliphatic hydroxyl groups excluding tert-OH is 1. The molecule has 0 saturated carbocycles. The molecular formula is C9H14N2O2. The van der Waals surface area contributed by atoms with Gasteiger partial charge in [-0.3, -0.25) is 0 Å². The van der Waals surface area contributed by atoms with Gasteiger partial charge < -0.3 is 14.9 Å². The number of aliphatic hydroxyl groups is 1. The van der Waals surface area contributed by atoms with Gasteiger partial charge in [0.15, 0.2) is 5.76 Å². The lowest BCUT2D eigenvalue weighted by atomic mass is 10.0. The molecule has 2 heterocycles. The molecule has 13 heavy (non-hydrogen) atoms. The van der Waals surface area contributed by atoms with E-state index in [2.05, 4.69) is 10.5 Å². The Morgan fingerprint density at radius 1 is 1.62 bits per heavy atom. The Morgan fingerprint density at radius 3 is 3.23 bits per heavy atom. The molecule has 1 fully saturated rings. The fourth-order valence-corrected chi connectivity index (χ4v) is 1.75. The molecule has 0 aliphatic carbocycles. The van der Waals surface area contributed by atoms with E-state index in [-0.39, 0.29) is 12.6 Å². The van der Waals surface area contributed by atoms with Crippen molar-refractivity contribution in [2.24, 2.45) is 0 Å². The summed E-state index contributed by atoms with van der Waals surface area (Å²) in [4.78, 5) is 0. The maximum Gasteiger partial charge on any atom is 0.159 e. The molecule has 1 aliphatic rings. The summed E-state index contributed by atoms with van der Waals surface area (Å²) >= 11 is 0. The predicted molar refractivity (Wildman–Crippen MR) is 47.0 cm³/mol. The third kappa shape index (κ3) is 1.73. The molecule has 0 spiro atoms. The summed E-state index contributed by atoms with van der Waals surface area (Å²) in [6.45, 7) is 1.03. The smallest absolute Gasteiger partial charge is 0.159 e. The lowest BCUT2D eigenvalue weighted by Crippen LogP contribution is -2.27. The van der Waals surface area contributed by atoms with E-state index in [0.717, 1.165) is 24.3 Å². The van der Waals surface area contributed by atoms with Gasteiger partial charge in [-0.15, -0.1) is 0 Å². The van der Waals surface area contributed by atoms with E-state index in [9.17, 15) is 0 Å². The molecule has 0 aromatic carbocycles. The maximum atomic E-state index is 9.01. The van der Waals surface area contributed by atoms with Crippen molar-refractivity contribution in [3.05, 3.63) is 17.5 Å². The Bertz CT molecular complexity index is 266. The van der Waals surface area contributed by atoms with Gasteiger partial charge in [-0.25, -0.2) is 0 Å². The van der Waals surface area contributed by atoms with Gasteiger partial charge in [0.05, 0.1) is 18.8 Å². The second-order valence-electron chi connectivity index (χ2n) is 3.38. The van der Waals surface area contributed by atoms with Crippen LogP contribution in [0.25, 0.3) is 0 Å². The minimum Gasteiger partial charge on any atom is -0.391 e. The fraction of sp³-hybridized carbons (Fsp3) is 0.667. The molecule has 1 aromatic rings. The minimum absolute atomic E-state index is 0.0109. The summed E-state index contributed by atoms with van der Waals surface area (Å²) in [6, 6.07) is 0.249. The van der Waals surface area contributed by atoms with Crippen LogP contribution >= 0.6 is 0 Å². The van der Waals surface area contributed by atoms with Gasteiger partial charge in [0.1, 0.15) is 0 Å². The SMILES string of the molecule is OCc1cnoc1C1CCCCN1. The number of hydrogen-bond acceptors (Lipinski definition) is 4. The molecule has 0 amide bonds. The van der Waals surface area contributed by atoms with E-state index in [1.54, 1.807) is 6.20 Å². The highest BCUT2D eigenvalue weighted by Gasteiger charge is 2.21. The quantitative estimate of drug-likeness (QED) is 0.715. The second kappa shape index (κ2) is 3.89. The number of piperidine rings is 1. The molecule has 1 unspecified atom stereocenters. The molecular weight excluding hydrogens is 168 g/mol. The predicted octanol–water partition coefficient (Wildman–Crippen LogP) is 0.982. The van der Waals surface area contributed by atoms with Crippen LogP contribution in [0.4, 0.5) is 0 Å². The molecule has 0 radical (unpaired) electrons. The largest absolute Gasteiger partial charge is 0.391 e. The fourth-order valence-electron chi connectivity index (χ4n) is 1.75. The van der Waals surface area contributed by atoms with Crippen LogP contribution in [0.1, 0.15) is 36.6 Å². The zero-order chi connectivity index (χ0) is 9.10. The van der Waals surface area contributed by atoms with Crippen molar-refractivity contribution >= 4 is 0 Å².